The molecule has 1 aromatic carbocycles. The smallest absolute Gasteiger partial charge is 0.224 e. The molecule has 0 heterocycles. The summed E-state index contributed by atoms with van der Waals surface area (Å²) in [7, 11) is 0. The van der Waals surface area contributed by atoms with Crippen LogP contribution in [0.25, 0.3) is 0 Å². The molecule has 0 aliphatic carbocycles. The van der Waals surface area contributed by atoms with Crippen molar-refractivity contribution in [1.29, 1.82) is 0 Å². The summed E-state index contributed by atoms with van der Waals surface area (Å²) in [6.45, 7) is 2.79. The van der Waals surface area contributed by atoms with Gasteiger partial charge in [0, 0.05) is 12.1 Å². The molecule has 1 aromatic rings. The summed E-state index contributed by atoms with van der Waals surface area (Å²) >= 11 is 0. The zero-order valence-electron chi connectivity index (χ0n) is 12.6. The van der Waals surface area contributed by atoms with Crippen LogP contribution >= 0.6 is 0 Å². The van der Waals surface area contributed by atoms with Gasteiger partial charge in [-0.25, -0.2) is 0 Å². The maximum Gasteiger partial charge on any atom is 0.224 e. The Hall–Kier alpha value is -1.88. The molecule has 5 N–H and O–H groups in total. The fourth-order valence-electron chi connectivity index (χ4n) is 2.25. The van der Waals surface area contributed by atoms with E-state index in [1.165, 1.54) is 0 Å². The number of hydrogen-bond acceptors (Lipinski definition) is 3. The second-order valence-electron chi connectivity index (χ2n) is 5.28. The topological polar surface area (TPSA) is 98.2 Å². The summed E-state index contributed by atoms with van der Waals surface area (Å²) in [4.78, 5) is 22.7. The van der Waals surface area contributed by atoms with Crippen LogP contribution in [0, 0.1) is 5.92 Å². The van der Waals surface area contributed by atoms with Crippen molar-refractivity contribution in [3.05, 3.63) is 29.8 Å². The summed E-state index contributed by atoms with van der Waals surface area (Å²) in [6.07, 6.45) is 3.59. The number of benzene rings is 1. The molecule has 1 rings (SSSR count). The lowest BCUT2D eigenvalue weighted by atomic mass is 9.96. The quantitative estimate of drug-likeness (QED) is 0.647. The molecular weight excluding hydrogens is 266 g/mol. The molecule has 1 unspecified atom stereocenters. The monoisotopic (exact) mass is 291 g/mol. The Labute approximate surface area is 126 Å². The van der Waals surface area contributed by atoms with Gasteiger partial charge in [0.1, 0.15) is 0 Å². The van der Waals surface area contributed by atoms with Gasteiger partial charge in [-0.05, 0) is 43.0 Å². The van der Waals surface area contributed by atoms with Gasteiger partial charge in [0.25, 0.3) is 0 Å². The second-order valence-corrected chi connectivity index (χ2v) is 5.28. The molecule has 0 spiro atoms. The first kappa shape index (κ1) is 17.2. The van der Waals surface area contributed by atoms with Crippen molar-refractivity contribution in [1.82, 2.24) is 0 Å². The average molecular weight is 291 g/mol. The van der Waals surface area contributed by atoms with Crippen molar-refractivity contribution >= 4 is 17.5 Å². The van der Waals surface area contributed by atoms with Gasteiger partial charge < -0.3 is 16.8 Å². The van der Waals surface area contributed by atoms with E-state index in [0.717, 1.165) is 30.5 Å². The van der Waals surface area contributed by atoms with E-state index in [4.69, 9.17) is 11.5 Å². The number of nitrogens with two attached hydrogens (primary N) is 2. The molecule has 2 amide bonds. The maximum absolute atomic E-state index is 11.9. The third kappa shape index (κ3) is 6.90. The lowest BCUT2D eigenvalue weighted by molar-refractivity contribution is -0.117. The molecule has 0 aliphatic heterocycles. The fourth-order valence-corrected chi connectivity index (χ4v) is 2.25. The van der Waals surface area contributed by atoms with Crippen molar-refractivity contribution in [2.45, 2.75) is 39.0 Å². The van der Waals surface area contributed by atoms with Crippen LogP contribution < -0.4 is 16.8 Å². The highest BCUT2D eigenvalue weighted by Crippen LogP contribution is 2.16. The van der Waals surface area contributed by atoms with E-state index in [9.17, 15) is 9.59 Å². The van der Waals surface area contributed by atoms with Crippen molar-refractivity contribution in [3.63, 3.8) is 0 Å². The Bertz CT molecular complexity index is 457. The first-order valence-corrected chi connectivity index (χ1v) is 7.42. The van der Waals surface area contributed by atoms with Crippen molar-refractivity contribution in [2.75, 3.05) is 11.9 Å². The number of hydrogen-bond donors (Lipinski definition) is 3. The molecule has 21 heavy (non-hydrogen) atoms. The maximum atomic E-state index is 11.9. The predicted octanol–water partition coefficient (Wildman–Crippen LogP) is 1.81. The molecule has 0 saturated heterocycles. The van der Waals surface area contributed by atoms with E-state index in [1.807, 2.05) is 0 Å². The molecule has 0 radical (unpaired) electrons. The lowest BCUT2D eigenvalue weighted by Crippen LogP contribution is -2.15. The van der Waals surface area contributed by atoms with Crippen LogP contribution in [0.3, 0.4) is 0 Å². The van der Waals surface area contributed by atoms with Gasteiger partial charge in [-0.3, -0.25) is 9.59 Å². The lowest BCUT2D eigenvalue weighted by Gasteiger charge is -2.13. The second kappa shape index (κ2) is 9.13. The van der Waals surface area contributed by atoms with E-state index in [2.05, 4.69) is 12.2 Å². The first-order valence-electron chi connectivity index (χ1n) is 7.42. The Balaban J connectivity index is 2.42. The number of carbonyl (C=O) groups is 2. The minimum atomic E-state index is -0.364. The molecule has 0 aliphatic rings. The highest BCUT2D eigenvalue weighted by Gasteiger charge is 2.09. The van der Waals surface area contributed by atoms with Crippen LogP contribution in [0.5, 0.6) is 0 Å². The Morgan fingerprint density at radius 1 is 1.19 bits per heavy atom. The zero-order chi connectivity index (χ0) is 15.7. The normalized spacial score (nSPS) is 11.9. The molecule has 5 heteroatoms. The standard InChI is InChI=1S/C16H25N3O2/c1-2-12(9-10-17)5-8-16(21)19-14-6-3-13(4-7-14)11-15(18)20/h3-4,6-7,12H,2,5,8-11,17H2,1H3,(H2,18,20)(H,19,21). The summed E-state index contributed by atoms with van der Waals surface area (Å²) < 4.78 is 0. The average Bonchev–Trinajstić information content (AvgIpc) is 2.45. The molecule has 0 saturated carbocycles. The number of rotatable bonds is 9. The van der Waals surface area contributed by atoms with Crippen molar-refractivity contribution in [3.8, 4) is 0 Å². The number of amides is 2. The molecule has 0 aromatic heterocycles. The number of anilines is 1. The van der Waals surface area contributed by atoms with Crippen LogP contribution in [-0.2, 0) is 16.0 Å². The Morgan fingerprint density at radius 3 is 2.38 bits per heavy atom. The minimum absolute atomic E-state index is 0.00752. The fraction of sp³-hybridized carbons (Fsp3) is 0.500. The largest absolute Gasteiger partial charge is 0.369 e. The van der Waals surface area contributed by atoms with Gasteiger partial charge >= 0.3 is 0 Å². The SMILES string of the molecule is CCC(CCN)CCC(=O)Nc1ccc(CC(N)=O)cc1. The third-order valence-corrected chi connectivity index (χ3v) is 3.55. The Morgan fingerprint density at radius 2 is 1.86 bits per heavy atom. The summed E-state index contributed by atoms with van der Waals surface area (Å²) in [5, 5.41) is 2.86. The van der Waals surface area contributed by atoms with E-state index >= 15 is 0 Å². The molecule has 0 bridgehead atoms. The van der Waals surface area contributed by atoms with Gasteiger partial charge in [-0.1, -0.05) is 25.5 Å². The number of primary amides is 1. The van der Waals surface area contributed by atoms with E-state index in [-0.39, 0.29) is 18.2 Å². The van der Waals surface area contributed by atoms with Gasteiger partial charge in [0.2, 0.25) is 11.8 Å². The van der Waals surface area contributed by atoms with Gasteiger partial charge in [-0.15, -0.1) is 0 Å². The van der Waals surface area contributed by atoms with Crippen LogP contribution in [-0.4, -0.2) is 18.4 Å². The third-order valence-electron chi connectivity index (χ3n) is 3.55. The number of nitrogens with one attached hydrogen (secondary N) is 1. The van der Waals surface area contributed by atoms with E-state index < -0.39 is 0 Å². The van der Waals surface area contributed by atoms with Gasteiger partial charge in [0.15, 0.2) is 0 Å². The van der Waals surface area contributed by atoms with Crippen LogP contribution in [0.2, 0.25) is 0 Å². The van der Waals surface area contributed by atoms with Gasteiger partial charge in [0.05, 0.1) is 6.42 Å². The minimum Gasteiger partial charge on any atom is -0.369 e. The summed E-state index contributed by atoms with van der Waals surface area (Å²) in [6, 6.07) is 7.16. The molecule has 1 atom stereocenters. The molecule has 0 fully saturated rings. The molecular formula is C16H25N3O2. The zero-order valence-corrected chi connectivity index (χ0v) is 12.6. The Kier molecular flexibility index (Phi) is 7.46. The molecule has 116 valence electrons. The van der Waals surface area contributed by atoms with Crippen molar-refractivity contribution < 1.29 is 9.59 Å². The first-order chi connectivity index (χ1) is 10.0. The van der Waals surface area contributed by atoms with Crippen molar-refractivity contribution in [2.24, 2.45) is 17.4 Å². The van der Waals surface area contributed by atoms with Crippen LogP contribution in [0.1, 0.15) is 38.2 Å². The van der Waals surface area contributed by atoms with E-state index in [0.29, 0.717) is 18.9 Å². The summed E-state index contributed by atoms with van der Waals surface area (Å²) in [5.41, 5.74) is 12.3. The highest BCUT2D eigenvalue weighted by atomic mass is 16.1. The van der Waals surface area contributed by atoms with E-state index in [1.54, 1.807) is 24.3 Å². The van der Waals surface area contributed by atoms with Gasteiger partial charge in [-0.2, -0.15) is 0 Å². The van der Waals surface area contributed by atoms with Crippen LogP contribution in [0.4, 0.5) is 5.69 Å². The summed E-state index contributed by atoms with van der Waals surface area (Å²) in [5.74, 6) is 0.157. The molecule has 5 nitrogen and oxygen atoms in total. The number of carbonyl (C=O) groups excluding carboxylic acids is 2. The van der Waals surface area contributed by atoms with Crippen LogP contribution in [0.15, 0.2) is 24.3 Å². The highest BCUT2D eigenvalue weighted by molar-refractivity contribution is 5.90. The predicted molar refractivity (Wildman–Crippen MR) is 84.7 cm³/mol.